The summed E-state index contributed by atoms with van der Waals surface area (Å²) >= 11 is 0. The maximum absolute atomic E-state index is 12.4. The van der Waals surface area contributed by atoms with Crippen LogP contribution in [0.3, 0.4) is 0 Å². The summed E-state index contributed by atoms with van der Waals surface area (Å²) in [5, 5.41) is 0. The highest BCUT2D eigenvalue weighted by molar-refractivity contribution is 5.80. The number of ketones is 1. The van der Waals surface area contributed by atoms with Crippen LogP contribution >= 0.6 is 0 Å². The largest absolute Gasteiger partial charge is 0.458 e. The van der Waals surface area contributed by atoms with Gasteiger partial charge in [-0.1, -0.05) is 53.9 Å². The Bertz CT molecular complexity index is 918. The summed E-state index contributed by atoms with van der Waals surface area (Å²) in [5.74, 6) is 2.02. The van der Waals surface area contributed by atoms with E-state index in [1.807, 2.05) is 0 Å². The van der Waals surface area contributed by atoms with Crippen molar-refractivity contribution >= 4 is 17.7 Å². The van der Waals surface area contributed by atoms with Gasteiger partial charge in [-0.2, -0.15) is 0 Å². The Balaban J connectivity index is 1.78. The highest BCUT2D eigenvalue weighted by Gasteiger charge is 2.61. The average Bonchev–Trinajstić information content (AvgIpc) is 3.06. The summed E-state index contributed by atoms with van der Waals surface area (Å²) in [7, 11) is 0. The second kappa shape index (κ2) is 10.3. The Kier molecular flexibility index (Phi) is 7.80. The third-order valence-corrected chi connectivity index (χ3v) is 10.6. The number of rotatable bonds is 7. The van der Waals surface area contributed by atoms with E-state index < -0.39 is 0 Å². The van der Waals surface area contributed by atoms with E-state index in [9.17, 15) is 14.4 Å². The van der Waals surface area contributed by atoms with Crippen LogP contribution in [0.15, 0.2) is 11.1 Å². The van der Waals surface area contributed by atoms with Gasteiger partial charge in [0.2, 0.25) is 0 Å². The van der Waals surface area contributed by atoms with Gasteiger partial charge in [0.15, 0.2) is 0 Å². The third-order valence-electron chi connectivity index (χ3n) is 10.6. The van der Waals surface area contributed by atoms with Crippen molar-refractivity contribution in [1.82, 2.24) is 0 Å². The molecule has 5 heteroatoms. The van der Waals surface area contributed by atoms with Crippen molar-refractivity contribution in [2.45, 2.75) is 125 Å². The van der Waals surface area contributed by atoms with E-state index in [1.165, 1.54) is 44.3 Å². The fourth-order valence-corrected chi connectivity index (χ4v) is 8.83. The molecule has 0 aromatic rings. The van der Waals surface area contributed by atoms with E-state index in [0.717, 1.165) is 25.7 Å². The average molecular weight is 501 g/mol. The Hall–Kier alpha value is -1.65. The minimum absolute atomic E-state index is 0.0238. The molecular formula is C31H48O5. The van der Waals surface area contributed by atoms with Crippen LogP contribution in [0.1, 0.15) is 113 Å². The molecule has 202 valence electrons. The molecule has 0 unspecified atom stereocenters. The molecule has 8 atom stereocenters. The molecule has 0 radical (unpaired) electrons. The van der Waals surface area contributed by atoms with Gasteiger partial charge in [-0.15, -0.1) is 0 Å². The Morgan fingerprint density at radius 3 is 2.28 bits per heavy atom. The molecule has 0 aromatic carbocycles. The molecule has 36 heavy (non-hydrogen) atoms. The summed E-state index contributed by atoms with van der Waals surface area (Å²) in [4.78, 5) is 37.0. The zero-order chi connectivity index (χ0) is 26.4. The van der Waals surface area contributed by atoms with Crippen molar-refractivity contribution in [2.75, 3.05) is 0 Å². The van der Waals surface area contributed by atoms with Crippen LogP contribution in [0.4, 0.5) is 0 Å². The van der Waals surface area contributed by atoms with Gasteiger partial charge in [-0.25, -0.2) is 0 Å². The zero-order valence-corrected chi connectivity index (χ0v) is 23.7. The molecule has 4 rings (SSSR count). The SMILES string of the molecule is CC(=O)O[C@H]1C[C@H]([C@H](C)CCCC(C)C)[C@@]2(C)CC[C@H]3C(=C12)[C@H](OC(C)=O)C[C@H]1CC(=O)CC[C@@]13C. The van der Waals surface area contributed by atoms with Crippen LogP contribution in [0.25, 0.3) is 0 Å². The van der Waals surface area contributed by atoms with Crippen LogP contribution in [-0.4, -0.2) is 29.9 Å². The first-order valence-corrected chi connectivity index (χ1v) is 14.5. The predicted molar refractivity (Wildman–Crippen MR) is 140 cm³/mol. The van der Waals surface area contributed by atoms with E-state index in [4.69, 9.17) is 9.47 Å². The molecule has 4 aliphatic carbocycles. The number of carbonyl (C=O) groups excluding carboxylic acids is 3. The van der Waals surface area contributed by atoms with Crippen molar-refractivity contribution in [1.29, 1.82) is 0 Å². The maximum Gasteiger partial charge on any atom is 0.303 e. The van der Waals surface area contributed by atoms with Gasteiger partial charge in [0.1, 0.15) is 18.0 Å². The molecule has 4 aliphatic rings. The quantitative estimate of drug-likeness (QED) is 0.283. The van der Waals surface area contributed by atoms with E-state index in [-0.39, 0.29) is 46.8 Å². The second-order valence-corrected chi connectivity index (χ2v) is 13.4. The summed E-state index contributed by atoms with van der Waals surface area (Å²) in [6.45, 7) is 14.7. The minimum Gasteiger partial charge on any atom is -0.458 e. The van der Waals surface area contributed by atoms with E-state index >= 15 is 0 Å². The zero-order valence-electron chi connectivity index (χ0n) is 23.7. The molecule has 0 bridgehead atoms. The molecule has 0 amide bonds. The Labute approximate surface area is 218 Å². The number of hydrogen-bond donors (Lipinski definition) is 0. The monoisotopic (exact) mass is 500 g/mol. The fraction of sp³-hybridized carbons (Fsp3) is 0.839. The number of esters is 2. The van der Waals surface area contributed by atoms with Crippen molar-refractivity contribution in [3.05, 3.63) is 11.1 Å². The van der Waals surface area contributed by atoms with Crippen molar-refractivity contribution in [2.24, 2.45) is 40.4 Å². The lowest BCUT2D eigenvalue weighted by Crippen LogP contribution is -2.53. The second-order valence-electron chi connectivity index (χ2n) is 13.4. The smallest absolute Gasteiger partial charge is 0.303 e. The molecule has 0 aromatic heterocycles. The number of ether oxygens (including phenoxy) is 2. The standard InChI is InChI=1S/C31H48O5/c1-18(2)9-8-10-19(3)25-17-27(36-21(5)33)29-28-24(12-14-31(25,29)7)30(6)13-11-23(34)15-22(30)16-26(28)35-20(4)32/h18-19,22,24-27H,8-17H2,1-7H3/t19-,22-,24+,25-,26-,27+,30+,31-/m1/s1. The van der Waals surface area contributed by atoms with Gasteiger partial charge >= 0.3 is 11.9 Å². The molecule has 0 N–H and O–H groups in total. The van der Waals surface area contributed by atoms with Crippen molar-refractivity contribution < 1.29 is 23.9 Å². The maximum atomic E-state index is 12.4. The van der Waals surface area contributed by atoms with E-state index in [0.29, 0.717) is 42.8 Å². The topological polar surface area (TPSA) is 69.7 Å². The molecule has 0 heterocycles. The van der Waals surface area contributed by atoms with Crippen LogP contribution in [0.2, 0.25) is 0 Å². The van der Waals surface area contributed by atoms with E-state index in [2.05, 4.69) is 34.6 Å². The predicted octanol–water partition coefficient (Wildman–Crippen LogP) is 6.82. The lowest BCUT2D eigenvalue weighted by atomic mass is 9.48. The molecule has 0 spiro atoms. The van der Waals surface area contributed by atoms with Gasteiger partial charge < -0.3 is 9.47 Å². The van der Waals surface area contributed by atoms with Gasteiger partial charge in [0.25, 0.3) is 0 Å². The van der Waals surface area contributed by atoms with Gasteiger partial charge in [-0.3, -0.25) is 14.4 Å². The van der Waals surface area contributed by atoms with Gasteiger partial charge in [0.05, 0.1) is 0 Å². The Morgan fingerprint density at radius 2 is 1.64 bits per heavy atom. The highest BCUT2D eigenvalue weighted by atomic mass is 16.5. The number of Topliss-reactive ketones (excluding diaryl/α,β-unsaturated/α-hetero) is 1. The lowest BCUT2D eigenvalue weighted by Gasteiger charge is -2.57. The summed E-state index contributed by atoms with van der Waals surface area (Å²) in [5.41, 5.74) is 2.47. The first kappa shape index (κ1) is 27.4. The Morgan fingerprint density at radius 1 is 0.972 bits per heavy atom. The first-order valence-electron chi connectivity index (χ1n) is 14.5. The summed E-state index contributed by atoms with van der Waals surface area (Å²) in [6, 6.07) is 0. The van der Waals surface area contributed by atoms with Crippen LogP contribution in [0.5, 0.6) is 0 Å². The van der Waals surface area contributed by atoms with Crippen molar-refractivity contribution in [3.63, 3.8) is 0 Å². The highest BCUT2D eigenvalue weighted by Crippen LogP contribution is 2.66. The summed E-state index contributed by atoms with van der Waals surface area (Å²) in [6.07, 6.45) is 8.90. The van der Waals surface area contributed by atoms with Crippen LogP contribution in [0, 0.1) is 40.4 Å². The first-order chi connectivity index (χ1) is 16.9. The van der Waals surface area contributed by atoms with Gasteiger partial charge in [0, 0.05) is 26.7 Å². The number of carbonyl (C=O) groups is 3. The number of fused-ring (bicyclic) bond motifs is 4. The van der Waals surface area contributed by atoms with Crippen molar-refractivity contribution in [3.8, 4) is 0 Å². The molecule has 3 saturated carbocycles. The number of hydrogen-bond acceptors (Lipinski definition) is 5. The van der Waals surface area contributed by atoms with Crippen LogP contribution in [-0.2, 0) is 23.9 Å². The molecule has 3 fully saturated rings. The molecular weight excluding hydrogens is 452 g/mol. The normalized spacial score (nSPS) is 38.8. The molecule has 0 saturated heterocycles. The third kappa shape index (κ3) is 4.92. The lowest BCUT2D eigenvalue weighted by molar-refractivity contribution is -0.152. The summed E-state index contributed by atoms with van der Waals surface area (Å²) < 4.78 is 12.1. The fourth-order valence-electron chi connectivity index (χ4n) is 8.83. The van der Waals surface area contributed by atoms with Crippen LogP contribution < -0.4 is 0 Å². The minimum atomic E-state index is -0.320. The molecule has 5 nitrogen and oxygen atoms in total. The van der Waals surface area contributed by atoms with Gasteiger partial charge in [-0.05, 0) is 83.7 Å². The molecule has 0 aliphatic heterocycles. The van der Waals surface area contributed by atoms with E-state index in [1.54, 1.807) is 0 Å².